The third-order valence-electron chi connectivity index (χ3n) is 2.33. The summed E-state index contributed by atoms with van der Waals surface area (Å²) in [5, 5.41) is 2.07. The number of nitrogens with zero attached hydrogens (tertiary/aromatic N) is 1. The highest BCUT2D eigenvalue weighted by Crippen LogP contribution is 2.34. The zero-order chi connectivity index (χ0) is 9.26. The molecule has 0 spiro atoms. The molecule has 0 fully saturated rings. The molecule has 2 heteroatoms. The maximum Gasteiger partial charge on any atom is 0.165 e. The van der Waals surface area contributed by atoms with Gasteiger partial charge in [0.15, 0.2) is 5.75 Å². The second-order valence-electron chi connectivity index (χ2n) is 3.04. The summed E-state index contributed by atoms with van der Waals surface area (Å²) in [4.78, 5) is 0. The van der Waals surface area contributed by atoms with E-state index in [0.717, 1.165) is 12.3 Å². The lowest BCUT2D eigenvalue weighted by atomic mass is 10.2. The lowest BCUT2D eigenvalue weighted by molar-refractivity contribution is 1.11. The minimum absolute atomic E-state index is 0.229. The summed E-state index contributed by atoms with van der Waals surface area (Å²) in [5.74, 6) is 1.15. The summed E-state index contributed by atoms with van der Waals surface area (Å²) in [7, 11) is 0. The smallest absolute Gasteiger partial charge is 0.165 e. The van der Waals surface area contributed by atoms with E-state index in [4.69, 9.17) is 0 Å². The van der Waals surface area contributed by atoms with Gasteiger partial charge in [-0.1, -0.05) is 18.2 Å². The highest BCUT2D eigenvalue weighted by atomic mass is 32.2. The lowest BCUT2D eigenvalue weighted by Crippen LogP contribution is -2.24. The van der Waals surface area contributed by atoms with Crippen LogP contribution in [0.25, 0.3) is 0 Å². The zero-order valence-corrected chi connectivity index (χ0v) is 8.68. The summed E-state index contributed by atoms with van der Waals surface area (Å²) in [6.45, 7) is 7.17. The van der Waals surface area contributed by atoms with E-state index in [-0.39, 0.29) is 11.1 Å². The standard InChI is InChI=1S/C11H14NS/c1-3-12-11-8-6-5-7-10(11)9-13(12)4-2/h4-8H,2-3,9H2,1H3/q+1. The second-order valence-corrected chi connectivity index (χ2v) is 4.90. The van der Waals surface area contributed by atoms with Crippen LogP contribution in [0.1, 0.15) is 12.5 Å². The Labute approximate surface area is 82.5 Å². The van der Waals surface area contributed by atoms with Crippen LogP contribution < -0.4 is 4.31 Å². The first kappa shape index (κ1) is 8.70. The molecule has 1 aliphatic heterocycles. The number of hydrogen-bond acceptors (Lipinski definition) is 1. The quantitative estimate of drug-likeness (QED) is 0.651. The van der Waals surface area contributed by atoms with Gasteiger partial charge in [0, 0.05) is 5.56 Å². The van der Waals surface area contributed by atoms with E-state index in [1.165, 1.54) is 11.3 Å². The molecule has 2 rings (SSSR count). The number of hydrogen-bond donors (Lipinski definition) is 0. The number of para-hydroxylation sites is 1. The first-order valence-electron chi connectivity index (χ1n) is 4.54. The lowest BCUT2D eigenvalue weighted by Gasteiger charge is -2.11. The van der Waals surface area contributed by atoms with Crippen molar-refractivity contribution in [2.24, 2.45) is 0 Å². The van der Waals surface area contributed by atoms with E-state index in [1.807, 2.05) is 0 Å². The fourth-order valence-electron chi connectivity index (χ4n) is 1.72. The predicted octanol–water partition coefficient (Wildman–Crippen LogP) is 2.70. The van der Waals surface area contributed by atoms with Gasteiger partial charge in [-0.2, -0.15) is 4.31 Å². The average Bonchev–Trinajstić information content (AvgIpc) is 2.55. The van der Waals surface area contributed by atoms with E-state index in [9.17, 15) is 0 Å². The molecule has 1 nitrogen and oxygen atoms in total. The molecule has 0 saturated heterocycles. The maximum atomic E-state index is 3.89. The van der Waals surface area contributed by atoms with E-state index in [2.05, 4.69) is 47.5 Å². The molecule has 1 heterocycles. The summed E-state index contributed by atoms with van der Waals surface area (Å²) in [6.07, 6.45) is 0. The van der Waals surface area contributed by atoms with Crippen molar-refractivity contribution in [3.05, 3.63) is 41.8 Å². The third kappa shape index (κ3) is 1.35. The van der Waals surface area contributed by atoms with Crippen LogP contribution in [-0.4, -0.2) is 6.54 Å². The Kier molecular flexibility index (Phi) is 2.32. The maximum absolute atomic E-state index is 3.89. The fourth-order valence-corrected chi connectivity index (χ4v) is 3.50. The molecule has 68 valence electrons. The molecule has 0 N–H and O–H groups in total. The monoisotopic (exact) mass is 192 g/mol. The van der Waals surface area contributed by atoms with Crippen LogP contribution in [0.2, 0.25) is 0 Å². The molecule has 0 aromatic heterocycles. The van der Waals surface area contributed by atoms with Gasteiger partial charge in [-0.15, -0.1) is 0 Å². The number of rotatable bonds is 2. The van der Waals surface area contributed by atoms with Crippen LogP contribution in [0, 0.1) is 0 Å². The summed E-state index contributed by atoms with van der Waals surface area (Å²) >= 11 is 0.229. The van der Waals surface area contributed by atoms with Crippen LogP contribution in [0.15, 0.2) is 36.3 Å². The highest BCUT2D eigenvalue weighted by Gasteiger charge is 2.34. The van der Waals surface area contributed by atoms with Crippen molar-refractivity contribution in [3.8, 4) is 0 Å². The average molecular weight is 192 g/mol. The molecule has 13 heavy (non-hydrogen) atoms. The Morgan fingerprint density at radius 1 is 1.54 bits per heavy atom. The van der Waals surface area contributed by atoms with Crippen LogP contribution in [-0.2, 0) is 16.8 Å². The molecule has 0 radical (unpaired) electrons. The van der Waals surface area contributed by atoms with Crippen molar-refractivity contribution >= 4 is 16.8 Å². The summed E-state index contributed by atoms with van der Waals surface area (Å²) < 4.78 is 2.43. The van der Waals surface area contributed by atoms with Gasteiger partial charge in [0.05, 0.1) is 12.2 Å². The van der Waals surface area contributed by atoms with Crippen LogP contribution >= 0.6 is 0 Å². The van der Waals surface area contributed by atoms with Gasteiger partial charge in [-0.05, 0) is 19.6 Å². The van der Waals surface area contributed by atoms with Crippen molar-refractivity contribution in [1.29, 1.82) is 0 Å². The van der Waals surface area contributed by atoms with Gasteiger partial charge in [-0.3, -0.25) is 0 Å². The normalized spacial score (nSPS) is 20.1. The third-order valence-corrected chi connectivity index (χ3v) is 4.34. The summed E-state index contributed by atoms with van der Waals surface area (Å²) in [6, 6.07) is 8.64. The Morgan fingerprint density at radius 3 is 3.00 bits per heavy atom. The van der Waals surface area contributed by atoms with E-state index in [0.29, 0.717) is 0 Å². The SMILES string of the molecule is C=C[S+]1Cc2ccccc2N1CC. The van der Waals surface area contributed by atoms with Gasteiger partial charge in [0.25, 0.3) is 0 Å². The van der Waals surface area contributed by atoms with Crippen molar-refractivity contribution in [2.75, 3.05) is 10.8 Å². The molecule has 1 aromatic carbocycles. The molecule has 0 saturated carbocycles. The van der Waals surface area contributed by atoms with Gasteiger partial charge in [-0.25, -0.2) is 0 Å². The van der Waals surface area contributed by atoms with Gasteiger partial charge in [0.1, 0.15) is 16.5 Å². The molecule has 0 aliphatic carbocycles. The first-order valence-corrected chi connectivity index (χ1v) is 5.96. The molecule has 1 aromatic rings. The molecular formula is C11H14NS+. The predicted molar refractivity (Wildman–Crippen MR) is 60.7 cm³/mol. The molecular weight excluding hydrogens is 178 g/mol. The molecule has 1 aliphatic rings. The minimum Gasteiger partial charge on any atom is -0.190 e. The van der Waals surface area contributed by atoms with Gasteiger partial charge in [0.2, 0.25) is 0 Å². The summed E-state index contributed by atoms with van der Waals surface area (Å²) in [5.41, 5.74) is 2.86. The van der Waals surface area contributed by atoms with E-state index >= 15 is 0 Å². The molecule has 1 atom stereocenters. The van der Waals surface area contributed by atoms with E-state index in [1.54, 1.807) is 0 Å². The van der Waals surface area contributed by atoms with Crippen molar-refractivity contribution in [1.82, 2.24) is 0 Å². The molecule has 0 amide bonds. The van der Waals surface area contributed by atoms with Gasteiger partial charge < -0.3 is 0 Å². The van der Waals surface area contributed by atoms with E-state index < -0.39 is 0 Å². The topological polar surface area (TPSA) is 3.24 Å². The Balaban J connectivity index is 2.39. The van der Waals surface area contributed by atoms with Crippen molar-refractivity contribution in [2.45, 2.75) is 12.7 Å². The number of benzene rings is 1. The Bertz CT molecular complexity index is 322. The van der Waals surface area contributed by atoms with Crippen LogP contribution in [0.5, 0.6) is 0 Å². The fraction of sp³-hybridized carbons (Fsp3) is 0.273. The Hall–Kier alpha value is -0.890. The molecule has 1 unspecified atom stereocenters. The Morgan fingerprint density at radius 2 is 2.31 bits per heavy atom. The van der Waals surface area contributed by atoms with Crippen molar-refractivity contribution < 1.29 is 0 Å². The number of anilines is 1. The van der Waals surface area contributed by atoms with Crippen molar-refractivity contribution in [3.63, 3.8) is 0 Å². The number of fused-ring (bicyclic) bond motifs is 1. The zero-order valence-electron chi connectivity index (χ0n) is 7.86. The minimum atomic E-state index is 0.229. The van der Waals surface area contributed by atoms with Crippen LogP contribution in [0.3, 0.4) is 0 Å². The van der Waals surface area contributed by atoms with Gasteiger partial charge >= 0.3 is 0 Å². The second kappa shape index (κ2) is 3.46. The van der Waals surface area contributed by atoms with Crippen LogP contribution in [0.4, 0.5) is 5.69 Å². The highest BCUT2D eigenvalue weighted by molar-refractivity contribution is 8.00. The largest absolute Gasteiger partial charge is 0.190 e. The first-order chi connectivity index (χ1) is 6.36. The molecule has 0 bridgehead atoms.